The second-order valence-electron chi connectivity index (χ2n) is 8.60. The number of carbonyl (C=O) groups is 1. The Morgan fingerprint density at radius 3 is 2.53 bits per heavy atom. The monoisotopic (exact) mass is 474 g/mol. The number of piperidine rings is 1. The molecule has 2 saturated heterocycles. The minimum Gasteiger partial charge on any atom is -0.352 e. The Balaban J connectivity index is 1.38. The molecule has 0 aliphatic carbocycles. The first-order valence-corrected chi connectivity index (χ1v) is 11.2. The molecule has 5 rings (SSSR count). The fourth-order valence-electron chi connectivity index (χ4n) is 4.51. The van der Waals surface area contributed by atoms with Gasteiger partial charge in [0.05, 0.1) is 23.3 Å². The zero-order valence-corrected chi connectivity index (χ0v) is 18.4. The maximum absolute atomic E-state index is 14.1. The summed E-state index contributed by atoms with van der Waals surface area (Å²) >= 11 is 0. The van der Waals surface area contributed by atoms with Crippen molar-refractivity contribution in [2.45, 2.75) is 25.2 Å². The summed E-state index contributed by atoms with van der Waals surface area (Å²) in [6.07, 6.45) is 3.99. The molecule has 180 valence electrons. The van der Waals surface area contributed by atoms with Crippen LogP contribution in [0, 0.1) is 11.6 Å². The van der Waals surface area contributed by atoms with Crippen molar-refractivity contribution < 1.29 is 18.0 Å². The molecule has 4 heterocycles. The fourth-order valence-corrected chi connectivity index (χ4v) is 4.51. The maximum atomic E-state index is 14.1. The number of aromatic nitrogens is 4. The Kier molecular flexibility index (Phi) is 5.98. The highest BCUT2D eigenvalue weighted by Gasteiger charge is 2.31. The number of rotatable bonds is 4. The zero-order chi connectivity index (χ0) is 23.8. The first kappa shape index (κ1) is 22.4. The fraction of sp³-hybridized carbons (Fsp3) is 0.455. The van der Waals surface area contributed by atoms with Gasteiger partial charge in [-0.25, -0.2) is 23.1 Å². The van der Waals surface area contributed by atoms with E-state index in [2.05, 4.69) is 19.9 Å². The van der Waals surface area contributed by atoms with Crippen LogP contribution in [-0.4, -0.2) is 81.8 Å². The quantitative estimate of drug-likeness (QED) is 0.610. The highest BCUT2D eigenvalue weighted by molar-refractivity contribution is 5.83. The Morgan fingerprint density at radius 2 is 1.82 bits per heavy atom. The molecule has 9 nitrogen and oxygen atoms in total. The summed E-state index contributed by atoms with van der Waals surface area (Å²) in [5.41, 5.74) is 6.44. The van der Waals surface area contributed by atoms with E-state index < -0.39 is 23.8 Å². The van der Waals surface area contributed by atoms with Gasteiger partial charge in [-0.1, -0.05) is 0 Å². The Labute approximate surface area is 194 Å². The van der Waals surface area contributed by atoms with Gasteiger partial charge in [-0.05, 0) is 6.42 Å². The van der Waals surface area contributed by atoms with E-state index in [1.807, 2.05) is 0 Å². The summed E-state index contributed by atoms with van der Waals surface area (Å²) < 4.78 is 43.5. The lowest BCUT2D eigenvalue weighted by Gasteiger charge is -2.36. The molecule has 0 saturated carbocycles. The minimum absolute atomic E-state index is 0.104. The Hall–Kier alpha value is -3.41. The molecule has 2 aliphatic heterocycles. The van der Waals surface area contributed by atoms with Crippen LogP contribution in [0.3, 0.4) is 0 Å². The molecule has 0 spiro atoms. The van der Waals surface area contributed by atoms with Crippen LogP contribution in [0.1, 0.15) is 6.42 Å². The summed E-state index contributed by atoms with van der Waals surface area (Å²) in [5, 5.41) is 0. The number of carbonyl (C=O) groups excluding carboxylic acids is 1. The summed E-state index contributed by atoms with van der Waals surface area (Å²) in [6, 6.07) is 1.35. The number of fused-ring (bicyclic) bond motifs is 1. The van der Waals surface area contributed by atoms with Gasteiger partial charge < -0.3 is 25.0 Å². The molecule has 2 aromatic heterocycles. The normalized spacial score (nSPS) is 21.4. The summed E-state index contributed by atoms with van der Waals surface area (Å²) in [5.74, 6) is -1.11. The lowest BCUT2D eigenvalue weighted by molar-refractivity contribution is -0.132. The highest BCUT2D eigenvalue weighted by atomic mass is 19.2. The number of hydrogen-bond acceptors (Lipinski definition) is 7. The third kappa shape index (κ3) is 4.25. The van der Waals surface area contributed by atoms with Crippen LogP contribution in [0.4, 0.5) is 24.9 Å². The molecule has 2 N–H and O–H groups in total. The van der Waals surface area contributed by atoms with Gasteiger partial charge in [0.25, 0.3) is 0 Å². The molecular weight excluding hydrogens is 449 g/mol. The van der Waals surface area contributed by atoms with E-state index in [9.17, 15) is 18.0 Å². The number of benzene rings is 1. The van der Waals surface area contributed by atoms with E-state index in [1.165, 1.54) is 0 Å². The van der Waals surface area contributed by atoms with E-state index in [4.69, 9.17) is 5.73 Å². The second kappa shape index (κ2) is 9.09. The van der Waals surface area contributed by atoms with E-state index in [0.717, 1.165) is 18.0 Å². The van der Waals surface area contributed by atoms with Crippen molar-refractivity contribution in [3.05, 3.63) is 42.4 Å². The van der Waals surface area contributed by atoms with Crippen molar-refractivity contribution in [2.75, 3.05) is 49.1 Å². The smallest absolute Gasteiger partial charge is 0.242 e. The lowest BCUT2D eigenvalue weighted by atomic mass is 10.1. The molecule has 12 heteroatoms. The summed E-state index contributed by atoms with van der Waals surface area (Å²) in [6.45, 7) is 2.60. The van der Waals surface area contributed by atoms with Gasteiger partial charge in [0.1, 0.15) is 18.5 Å². The van der Waals surface area contributed by atoms with Crippen molar-refractivity contribution in [1.29, 1.82) is 0 Å². The molecule has 0 unspecified atom stereocenters. The van der Waals surface area contributed by atoms with Crippen molar-refractivity contribution >= 4 is 28.7 Å². The number of alkyl halides is 1. The number of nitrogens with zero attached hydrogens (tertiary/aromatic N) is 7. The van der Waals surface area contributed by atoms with E-state index in [1.54, 1.807) is 33.0 Å². The molecular formula is C22H25F3N8O. The number of halogens is 3. The first-order valence-electron chi connectivity index (χ1n) is 11.2. The predicted molar refractivity (Wildman–Crippen MR) is 120 cm³/mol. The highest BCUT2D eigenvalue weighted by Crippen LogP contribution is 2.28. The molecule has 2 fully saturated rings. The van der Waals surface area contributed by atoms with Crippen molar-refractivity contribution in [3.63, 3.8) is 0 Å². The number of piperazine rings is 1. The largest absolute Gasteiger partial charge is 0.352 e. The SMILES string of the molecule is N[C@@H]1CN(c2nc3cc(F)c(F)cc3n2CC(=O)N2CCN(c3cnccn3)CC2)CC[C@H]1F. The summed E-state index contributed by atoms with van der Waals surface area (Å²) in [4.78, 5) is 31.6. The van der Waals surface area contributed by atoms with Gasteiger partial charge in [-0.2, -0.15) is 0 Å². The molecule has 2 atom stereocenters. The van der Waals surface area contributed by atoms with Crippen LogP contribution in [0.15, 0.2) is 30.7 Å². The van der Waals surface area contributed by atoms with Crippen molar-refractivity contribution in [2.24, 2.45) is 5.73 Å². The van der Waals surface area contributed by atoms with E-state index in [0.29, 0.717) is 44.2 Å². The van der Waals surface area contributed by atoms with Gasteiger partial charge in [-0.3, -0.25) is 9.78 Å². The maximum Gasteiger partial charge on any atom is 0.242 e. The average Bonchev–Trinajstić information content (AvgIpc) is 3.18. The average molecular weight is 474 g/mol. The van der Waals surface area contributed by atoms with Gasteiger partial charge >= 0.3 is 0 Å². The van der Waals surface area contributed by atoms with Crippen LogP contribution in [-0.2, 0) is 11.3 Å². The van der Waals surface area contributed by atoms with Gasteiger partial charge in [0.2, 0.25) is 11.9 Å². The molecule has 34 heavy (non-hydrogen) atoms. The Morgan fingerprint density at radius 1 is 1.06 bits per heavy atom. The number of anilines is 2. The van der Waals surface area contributed by atoms with E-state index >= 15 is 0 Å². The minimum atomic E-state index is -1.13. The van der Waals surface area contributed by atoms with Crippen LogP contribution in [0.5, 0.6) is 0 Å². The third-order valence-corrected chi connectivity index (χ3v) is 6.42. The molecule has 0 bridgehead atoms. The van der Waals surface area contributed by atoms with Crippen LogP contribution >= 0.6 is 0 Å². The molecule has 2 aliphatic rings. The first-order chi connectivity index (χ1) is 16.4. The van der Waals surface area contributed by atoms with Crippen LogP contribution in [0.2, 0.25) is 0 Å². The van der Waals surface area contributed by atoms with Crippen LogP contribution in [0.25, 0.3) is 11.0 Å². The predicted octanol–water partition coefficient (Wildman–Crippen LogP) is 1.33. The van der Waals surface area contributed by atoms with Gasteiger partial charge in [0, 0.05) is 63.8 Å². The summed E-state index contributed by atoms with van der Waals surface area (Å²) in [7, 11) is 0. The van der Waals surface area contributed by atoms with Gasteiger partial charge in [0.15, 0.2) is 11.6 Å². The molecule has 1 aromatic carbocycles. The van der Waals surface area contributed by atoms with E-state index in [-0.39, 0.29) is 30.9 Å². The van der Waals surface area contributed by atoms with Gasteiger partial charge in [-0.15, -0.1) is 0 Å². The second-order valence-corrected chi connectivity index (χ2v) is 8.60. The number of imidazole rings is 1. The van der Waals surface area contributed by atoms with Crippen molar-refractivity contribution in [3.8, 4) is 0 Å². The third-order valence-electron chi connectivity index (χ3n) is 6.42. The number of amides is 1. The topological polar surface area (TPSA) is 96.4 Å². The van der Waals surface area contributed by atoms with Crippen molar-refractivity contribution in [1.82, 2.24) is 24.4 Å². The molecule has 3 aromatic rings. The molecule has 0 radical (unpaired) electrons. The Bertz CT molecular complexity index is 1180. The van der Waals surface area contributed by atoms with Crippen LogP contribution < -0.4 is 15.5 Å². The number of nitrogens with two attached hydrogens (primary N) is 1. The molecule has 1 amide bonds. The lowest BCUT2D eigenvalue weighted by Crippen LogP contribution is -2.51. The standard InChI is InChI=1S/C22H25F3N8O/c23-14-1-4-32(12-17(14)26)22-29-18-9-15(24)16(25)10-19(18)33(22)13-21(34)31-7-5-30(6-8-31)20-11-27-2-3-28-20/h2-3,9-11,14,17H,1,4-8,12-13,26H2/t14-,17-/m1/s1. The number of hydrogen-bond donors (Lipinski definition) is 1. The zero-order valence-electron chi connectivity index (χ0n) is 18.4.